The molecule has 11 rings (SSSR count). The van der Waals surface area contributed by atoms with Crippen LogP contribution in [-0.4, -0.2) is 30.9 Å². The van der Waals surface area contributed by atoms with Gasteiger partial charge in [0.1, 0.15) is 0 Å². The maximum absolute atomic E-state index is 8.86. The summed E-state index contributed by atoms with van der Waals surface area (Å²) in [5.41, 5.74) is 14.7. The van der Waals surface area contributed by atoms with E-state index in [4.69, 9.17) is 25.8 Å². The average Bonchev–Trinajstić information content (AvgIpc) is 3.64. The normalized spacial score (nSPS) is 12.4. The van der Waals surface area contributed by atoms with Crippen molar-refractivity contribution in [2.45, 2.75) is 0 Å². The van der Waals surface area contributed by atoms with Gasteiger partial charge in [0.05, 0.1) is 45.1 Å². The SMILES string of the molecule is N=C1C=Cc2c(-c3ccccc3)nc3cc(-c4ccc(-c5cc(-c6ccc(-n7c8ccccc8c8ccccc87)cc6)nc(-c6ccccc6)n5)cc4)ccc3c2C1=N. The lowest BCUT2D eigenvalue weighted by molar-refractivity contribution is 1.17. The van der Waals surface area contributed by atoms with Gasteiger partial charge in [0.25, 0.3) is 0 Å². The van der Waals surface area contributed by atoms with E-state index in [1.165, 1.54) is 21.8 Å². The van der Waals surface area contributed by atoms with E-state index in [0.717, 1.165) is 78.2 Å². The molecule has 6 heteroatoms. The van der Waals surface area contributed by atoms with Crippen LogP contribution in [0.25, 0.3) is 101 Å². The monoisotopic (exact) mass is 754 g/mol. The van der Waals surface area contributed by atoms with Gasteiger partial charge in [-0.3, -0.25) is 10.8 Å². The van der Waals surface area contributed by atoms with Crippen LogP contribution in [0.3, 0.4) is 0 Å². The van der Waals surface area contributed by atoms with Crippen molar-refractivity contribution in [2.75, 3.05) is 0 Å². The van der Waals surface area contributed by atoms with Crippen molar-refractivity contribution in [3.8, 4) is 62.0 Å². The smallest absolute Gasteiger partial charge is 0.160 e. The highest BCUT2D eigenvalue weighted by molar-refractivity contribution is 6.54. The van der Waals surface area contributed by atoms with E-state index in [2.05, 4.69) is 120 Å². The summed E-state index contributed by atoms with van der Waals surface area (Å²) in [6, 6.07) is 62.7. The van der Waals surface area contributed by atoms with Crippen molar-refractivity contribution in [2.24, 2.45) is 0 Å². The Morgan fingerprint density at radius 2 is 0.949 bits per heavy atom. The highest BCUT2D eigenvalue weighted by atomic mass is 15.0. The molecule has 2 N–H and O–H groups in total. The Morgan fingerprint density at radius 3 is 1.59 bits per heavy atom. The van der Waals surface area contributed by atoms with Crippen LogP contribution in [0.15, 0.2) is 188 Å². The highest BCUT2D eigenvalue weighted by Gasteiger charge is 2.23. The third-order valence-corrected chi connectivity index (χ3v) is 11.3. The first-order valence-electron chi connectivity index (χ1n) is 19.6. The lowest BCUT2D eigenvalue weighted by atomic mass is 9.87. The first kappa shape index (κ1) is 34.2. The van der Waals surface area contributed by atoms with Crippen LogP contribution in [0.4, 0.5) is 0 Å². The summed E-state index contributed by atoms with van der Waals surface area (Å²) in [6.07, 6.45) is 3.61. The third kappa shape index (κ3) is 5.85. The molecule has 0 atom stereocenters. The maximum Gasteiger partial charge on any atom is 0.160 e. The molecule has 0 bridgehead atoms. The van der Waals surface area contributed by atoms with Gasteiger partial charge in [-0.1, -0.05) is 146 Å². The van der Waals surface area contributed by atoms with Gasteiger partial charge in [-0.15, -0.1) is 0 Å². The Hall–Kier alpha value is -8.09. The molecule has 59 heavy (non-hydrogen) atoms. The van der Waals surface area contributed by atoms with Crippen LogP contribution in [0.1, 0.15) is 11.1 Å². The first-order chi connectivity index (χ1) is 29.1. The maximum atomic E-state index is 8.86. The van der Waals surface area contributed by atoms with Crippen LogP contribution in [0.2, 0.25) is 0 Å². The number of pyridine rings is 1. The van der Waals surface area contributed by atoms with E-state index >= 15 is 0 Å². The lowest BCUT2D eigenvalue weighted by Gasteiger charge is -2.19. The summed E-state index contributed by atoms with van der Waals surface area (Å²) >= 11 is 0. The first-order valence-corrected chi connectivity index (χ1v) is 19.6. The Kier molecular flexibility index (Phi) is 8.01. The zero-order valence-electron chi connectivity index (χ0n) is 31.8. The quantitative estimate of drug-likeness (QED) is 0.177. The topological polar surface area (TPSA) is 91.3 Å². The number of nitrogens with zero attached hydrogens (tertiary/aromatic N) is 4. The molecule has 0 fully saturated rings. The number of rotatable bonds is 6. The predicted octanol–water partition coefficient (Wildman–Crippen LogP) is 12.9. The van der Waals surface area contributed by atoms with Crippen LogP contribution < -0.4 is 0 Å². The van der Waals surface area contributed by atoms with Crippen molar-refractivity contribution in [1.82, 2.24) is 19.5 Å². The van der Waals surface area contributed by atoms with Gasteiger partial charge in [0.2, 0.25) is 0 Å². The average molecular weight is 755 g/mol. The molecule has 276 valence electrons. The second-order valence-corrected chi connectivity index (χ2v) is 14.8. The van der Waals surface area contributed by atoms with E-state index in [9.17, 15) is 0 Å². The van der Waals surface area contributed by atoms with Gasteiger partial charge in [-0.25, -0.2) is 15.0 Å². The molecule has 0 spiro atoms. The van der Waals surface area contributed by atoms with Crippen molar-refractivity contribution in [3.63, 3.8) is 0 Å². The minimum atomic E-state index is 0.198. The molecule has 10 aromatic rings. The number of hydrogen-bond acceptors (Lipinski definition) is 5. The molecule has 7 aromatic carbocycles. The van der Waals surface area contributed by atoms with Gasteiger partial charge in [-0.05, 0) is 59.7 Å². The largest absolute Gasteiger partial charge is 0.309 e. The molecule has 0 amide bonds. The second-order valence-electron chi connectivity index (χ2n) is 14.8. The number of benzene rings is 7. The Morgan fingerprint density at radius 1 is 0.407 bits per heavy atom. The van der Waals surface area contributed by atoms with Crippen molar-refractivity contribution in [3.05, 3.63) is 199 Å². The minimum absolute atomic E-state index is 0.198. The summed E-state index contributed by atoms with van der Waals surface area (Å²) in [5.74, 6) is 0.667. The van der Waals surface area contributed by atoms with Gasteiger partial charge < -0.3 is 4.57 Å². The van der Waals surface area contributed by atoms with E-state index in [1.807, 2.05) is 72.8 Å². The number of fused-ring (bicyclic) bond motifs is 6. The molecular weight excluding hydrogens is 721 g/mol. The molecule has 0 saturated carbocycles. The molecule has 0 unspecified atom stereocenters. The number of allylic oxidation sites excluding steroid dienone is 1. The number of nitrogens with one attached hydrogen (secondary N) is 2. The van der Waals surface area contributed by atoms with Crippen molar-refractivity contribution >= 4 is 50.2 Å². The van der Waals surface area contributed by atoms with Crippen LogP contribution in [0, 0.1) is 10.8 Å². The molecule has 3 heterocycles. The Bertz CT molecular complexity index is 3270. The second kappa shape index (κ2) is 13.8. The summed E-state index contributed by atoms with van der Waals surface area (Å²) in [7, 11) is 0. The highest BCUT2D eigenvalue weighted by Crippen LogP contribution is 2.37. The molecule has 3 aromatic heterocycles. The van der Waals surface area contributed by atoms with Crippen LogP contribution in [-0.2, 0) is 0 Å². The fraction of sp³-hybridized carbons (Fsp3) is 0. The lowest BCUT2D eigenvalue weighted by Crippen LogP contribution is -2.17. The molecule has 1 aliphatic rings. The molecule has 1 aliphatic carbocycles. The van der Waals surface area contributed by atoms with Gasteiger partial charge in [0, 0.05) is 55.2 Å². The van der Waals surface area contributed by atoms with Gasteiger partial charge in [-0.2, -0.15) is 0 Å². The fourth-order valence-corrected chi connectivity index (χ4v) is 8.37. The van der Waals surface area contributed by atoms with E-state index < -0.39 is 0 Å². The van der Waals surface area contributed by atoms with Crippen molar-refractivity contribution < 1.29 is 0 Å². The van der Waals surface area contributed by atoms with Crippen LogP contribution in [0.5, 0.6) is 0 Å². The van der Waals surface area contributed by atoms with Crippen molar-refractivity contribution in [1.29, 1.82) is 10.8 Å². The number of aromatic nitrogens is 4. The van der Waals surface area contributed by atoms with E-state index in [-0.39, 0.29) is 11.4 Å². The minimum Gasteiger partial charge on any atom is -0.309 e. The molecule has 0 saturated heterocycles. The predicted molar refractivity (Wildman–Crippen MR) is 242 cm³/mol. The van der Waals surface area contributed by atoms with E-state index in [0.29, 0.717) is 5.82 Å². The standard InChI is InChI=1S/C53H34N6/c54-44-30-29-43-50(51(44)55)42-28-25-38(31-47(42)56-52(43)36-11-3-1-4-12-36)33-19-21-34(22-20-33)45-32-46(58-53(57-45)37-13-5-2-6-14-37)35-23-26-39(27-24-35)59-48-17-9-7-15-40(48)41-16-8-10-18-49(41)59/h1-32,54-55H. The summed E-state index contributed by atoms with van der Waals surface area (Å²) in [4.78, 5) is 15.3. The fourth-order valence-electron chi connectivity index (χ4n) is 8.37. The number of hydrogen-bond donors (Lipinski definition) is 2. The molecule has 6 nitrogen and oxygen atoms in total. The number of para-hydroxylation sites is 2. The summed E-state index contributed by atoms with van der Waals surface area (Å²) in [6.45, 7) is 0. The molecule has 0 aliphatic heterocycles. The zero-order valence-corrected chi connectivity index (χ0v) is 31.8. The Balaban J connectivity index is 0.973. The summed E-state index contributed by atoms with van der Waals surface area (Å²) < 4.78 is 2.33. The Labute approximate surface area is 340 Å². The van der Waals surface area contributed by atoms with Crippen LogP contribution >= 0.6 is 0 Å². The third-order valence-electron chi connectivity index (χ3n) is 11.3. The molecule has 0 radical (unpaired) electrons. The zero-order chi connectivity index (χ0) is 39.5. The summed E-state index contributed by atoms with van der Waals surface area (Å²) in [5, 5.41) is 20.6. The van der Waals surface area contributed by atoms with Gasteiger partial charge >= 0.3 is 0 Å². The van der Waals surface area contributed by atoms with E-state index in [1.54, 1.807) is 6.08 Å². The van der Waals surface area contributed by atoms with Gasteiger partial charge in [0.15, 0.2) is 5.82 Å². The molecular formula is C53H34N6.